The molecule has 7 nitrogen and oxygen atoms in total. The Morgan fingerprint density at radius 1 is 1.23 bits per heavy atom. The zero-order chi connectivity index (χ0) is 21.1. The van der Waals surface area contributed by atoms with E-state index in [4.69, 9.17) is 9.47 Å². The summed E-state index contributed by atoms with van der Waals surface area (Å²) in [5, 5.41) is 4.22. The lowest BCUT2D eigenvalue weighted by atomic mass is 10.2. The minimum atomic E-state index is -0.521. The summed E-state index contributed by atoms with van der Waals surface area (Å²) in [7, 11) is 1.62. The zero-order valence-electron chi connectivity index (χ0n) is 17.0. The van der Waals surface area contributed by atoms with Crippen LogP contribution in [0.3, 0.4) is 0 Å². The average Bonchev–Trinajstić information content (AvgIpc) is 3.34. The van der Waals surface area contributed by atoms with Crippen LogP contribution < -0.4 is 10.1 Å². The van der Waals surface area contributed by atoms with E-state index in [-0.39, 0.29) is 6.61 Å². The average molecular weight is 423 g/mol. The van der Waals surface area contributed by atoms with Crippen LogP contribution in [0.25, 0.3) is 21.6 Å². The maximum Gasteiger partial charge on any atom is 0.412 e. The largest absolute Gasteiger partial charge is 0.496 e. The molecule has 4 aromatic rings. The van der Waals surface area contributed by atoms with Gasteiger partial charge in [0, 0.05) is 6.54 Å². The number of imidazole rings is 1. The summed E-state index contributed by atoms with van der Waals surface area (Å²) in [6.45, 7) is 4.95. The summed E-state index contributed by atoms with van der Waals surface area (Å²) in [5.74, 6) is 0.737. The van der Waals surface area contributed by atoms with E-state index >= 15 is 0 Å². The van der Waals surface area contributed by atoms with Gasteiger partial charge < -0.3 is 14.0 Å². The van der Waals surface area contributed by atoms with E-state index in [0.29, 0.717) is 5.00 Å². The molecular formula is C22H22N4O3S. The van der Waals surface area contributed by atoms with Crippen molar-refractivity contribution >= 4 is 33.5 Å². The van der Waals surface area contributed by atoms with Crippen molar-refractivity contribution < 1.29 is 14.3 Å². The van der Waals surface area contributed by atoms with E-state index in [1.165, 1.54) is 11.3 Å². The predicted octanol–water partition coefficient (Wildman–Crippen LogP) is 5.25. The SMILES string of the molecule is CCn1cnc2cc(COC(=O)Nc3sc(-c4ccccc4OC)nc3C)ccc21. The number of para-hydroxylation sites is 1. The first kappa shape index (κ1) is 19.9. The number of amides is 1. The highest BCUT2D eigenvalue weighted by molar-refractivity contribution is 7.19. The normalized spacial score (nSPS) is 10.9. The summed E-state index contributed by atoms with van der Waals surface area (Å²) in [4.78, 5) is 21.3. The second kappa shape index (κ2) is 8.54. The summed E-state index contributed by atoms with van der Waals surface area (Å²) in [5.41, 5.74) is 4.45. The number of nitrogens with zero attached hydrogens (tertiary/aromatic N) is 3. The van der Waals surface area contributed by atoms with E-state index in [0.717, 1.165) is 45.2 Å². The zero-order valence-corrected chi connectivity index (χ0v) is 17.8. The number of hydrogen-bond donors (Lipinski definition) is 1. The Hall–Kier alpha value is -3.39. The Balaban J connectivity index is 1.42. The molecule has 0 aliphatic rings. The van der Waals surface area contributed by atoms with Crippen LogP contribution in [0.2, 0.25) is 0 Å². The van der Waals surface area contributed by atoms with E-state index in [1.807, 2.05) is 55.7 Å². The standard InChI is InChI=1S/C22H22N4O3S/c1-4-26-13-23-17-11-15(9-10-18(17)26)12-29-22(27)25-20-14(2)24-21(30-20)16-7-5-6-8-19(16)28-3/h5-11,13H,4,12H2,1-3H3,(H,25,27). The monoisotopic (exact) mass is 422 g/mol. The Bertz CT molecular complexity index is 1200. The van der Waals surface area contributed by atoms with Gasteiger partial charge in [-0.3, -0.25) is 5.32 Å². The van der Waals surface area contributed by atoms with Crippen LogP contribution in [0.15, 0.2) is 48.8 Å². The number of benzene rings is 2. The lowest BCUT2D eigenvalue weighted by molar-refractivity contribution is 0.155. The molecule has 154 valence electrons. The molecule has 0 unspecified atom stereocenters. The number of nitrogens with one attached hydrogen (secondary N) is 1. The number of carbonyl (C=O) groups excluding carboxylic acids is 1. The first-order valence-electron chi connectivity index (χ1n) is 9.57. The molecule has 0 radical (unpaired) electrons. The molecule has 0 atom stereocenters. The highest BCUT2D eigenvalue weighted by atomic mass is 32.1. The van der Waals surface area contributed by atoms with Crippen LogP contribution in [-0.2, 0) is 17.9 Å². The van der Waals surface area contributed by atoms with Gasteiger partial charge in [-0.25, -0.2) is 14.8 Å². The van der Waals surface area contributed by atoms with E-state index in [2.05, 4.69) is 26.8 Å². The third-order valence-corrected chi connectivity index (χ3v) is 5.85. The number of aryl methyl sites for hydroxylation is 2. The number of anilines is 1. The van der Waals surface area contributed by atoms with Gasteiger partial charge in [0.15, 0.2) is 0 Å². The smallest absolute Gasteiger partial charge is 0.412 e. The van der Waals surface area contributed by atoms with Crippen molar-refractivity contribution in [3.63, 3.8) is 0 Å². The van der Waals surface area contributed by atoms with Crippen LogP contribution in [0, 0.1) is 6.92 Å². The van der Waals surface area contributed by atoms with Crippen molar-refractivity contribution in [1.82, 2.24) is 14.5 Å². The Kier molecular flexibility index (Phi) is 5.67. The van der Waals surface area contributed by atoms with Crippen molar-refractivity contribution in [3.05, 3.63) is 60.0 Å². The summed E-state index contributed by atoms with van der Waals surface area (Å²) >= 11 is 1.38. The van der Waals surface area contributed by atoms with Crippen molar-refractivity contribution in [2.45, 2.75) is 27.0 Å². The van der Waals surface area contributed by atoms with Crippen LogP contribution in [0.5, 0.6) is 5.75 Å². The molecule has 0 aliphatic carbocycles. The molecule has 0 saturated carbocycles. The van der Waals surface area contributed by atoms with Crippen molar-refractivity contribution in [2.24, 2.45) is 0 Å². The fourth-order valence-corrected chi connectivity index (χ4v) is 4.16. The fraction of sp³-hybridized carbons (Fsp3) is 0.227. The maximum atomic E-state index is 12.3. The molecule has 2 aromatic heterocycles. The second-order valence-corrected chi connectivity index (χ2v) is 7.69. The molecule has 1 N–H and O–H groups in total. The van der Waals surface area contributed by atoms with Crippen LogP contribution >= 0.6 is 11.3 Å². The summed E-state index contributed by atoms with van der Waals surface area (Å²) in [6, 6.07) is 13.5. The van der Waals surface area contributed by atoms with Gasteiger partial charge in [-0.1, -0.05) is 29.5 Å². The first-order valence-corrected chi connectivity index (χ1v) is 10.4. The van der Waals surface area contributed by atoms with Crippen LogP contribution in [-0.4, -0.2) is 27.7 Å². The number of carbonyl (C=O) groups is 1. The third kappa shape index (κ3) is 3.99. The number of ether oxygens (including phenoxy) is 2. The Labute approximate surface area is 178 Å². The first-order chi connectivity index (χ1) is 14.6. The number of aromatic nitrogens is 3. The van der Waals surface area contributed by atoms with E-state index < -0.39 is 6.09 Å². The summed E-state index contributed by atoms with van der Waals surface area (Å²) in [6.07, 6.45) is 1.29. The topological polar surface area (TPSA) is 78.3 Å². The number of methoxy groups -OCH3 is 1. The van der Waals surface area contributed by atoms with Crippen molar-refractivity contribution in [1.29, 1.82) is 0 Å². The lowest BCUT2D eigenvalue weighted by Gasteiger charge is -2.06. The Morgan fingerprint density at radius 2 is 2.07 bits per heavy atom. The molecule has 2 heterocycles. The second-order valence-electron chi connectivity index (χ2n) is 6.69. The van der Waals surface area contributed by atoms with Gasteiger partial charge >= 0.3 is 6.09 Å². The van der Waals surface area contributed by atoms with Crippen molar-refractivity contribution in [3.8, 4) is 16.3 Å². The molecule has 1 amide bonds. The molecule has 4 rings (SSSR count). The highest BCUT2D eigenvalue weighted by Crippen LogP contribution is 2.36. The molecule has 0 saturated heterocycles. The molecular weight excluding hydrogens is 400 g/mol. The summed E-state index contributed by atoms with van der Waals surface area (Å²) < 4.78 is 12.9. The van der Waals surface area contributed by atoms with E-state index in [9.17, 15) is 4.79 Å². The molecule has 0 bridgehead atoms. The van der Waals surface area contributed by atoms with E-state index in [1.54, 1.807) is 7.11 Å². The lowest BCUT2D eigenvalue weighted by Crippen LogP contribution is -2.13. The molecule has 0 fully saturated rings. The molecule has 0 spiro atoms. The molecule has 2 aromatic carbocycles. The van der Waals surface area contributed by atoms with Gasteiger partial charge in [0.1, 0.15) is 22.4 Å². The van der Waals surface area contributed by atoms with Gasteiger partial charge in [0.2, 0.25) is 0 Å². The van der Waals surface area contributed by atoms with Gasteiger partial charge in [-0.2, -0.15) is 0 Å². The molecule has 30 heavy (non-hydrogen) atoms. The minimum absolute atomic E-state index is 0.165. The number of hydrogen-bond acceptors (Lipinski definition) is 6. The van der Waals surface area contributed by atoms with Gasteiger partial charge in [0.05, 0.1) is 35.7 Å². The minimum Gasteiger partial charge on any atom is -0.496 e. The van der Waals surface area contributed by atoms with Crippen LogP contribution in [0.1, 0.15) is 18.2 Å². The van der Waals surface area contributed by atoms with Crippen molar-refractivity contribution in [2.75, 3.05) is 12.4 Å². The number of fused-ring (bicyclic) bond motifs is 1. The van der Waals surface area contributed by atoms with Gasteiger partial charge in [-0.05, 0) is 43.7 Å². The number of thiazole rings is 1. The van der Waals surface area contributed by atoms with Gasteiger partial charge in [-0.15, -0.1) is 0 Å². The number of rotatable bonds is 6. The third-order valence-electron chi connectivity index (χ3n) is 4.75. The fourth-order valence-electron chi connectivity index (χ4n) is 3.18. The Morgan fingerprint density at radius 3 is 2.87 bits per heavy atom. The van der Waals surface area contributed by atoms with Gasteiger partial charge in [0.25, 0.3) is 0 Å². The highest BCUT2D eigenvalue weighted by Gasteiger charge is 2.15. The quantitative estimate of drug-likeness (QED) is 0.459. The molecule has 8 heteroatoms. The predicted molar refractivity (Wildman–Crippen MR) is 118 cm³/mol. The van der Waals surface area contributed by atoms with Crippen LogP contribution in [0.4, 0.5) is 9.80 Å². The molecule has 0 aliphatic heterocycles. The maximum absolute atomic E-state index is 12.3.